The lowest BCUT2D eigenvalue weighted by molar-refractivity contribution is 0.162. The van der Waals surface area contributed by atoms with Crippen molar-refractivity contribution in [3.63, 3.8) is 0 Å². The number of hydrogen-bond donors (Lipinski definition) is 0. The molecule has 0 saturated carbocycles. The second-order valence-corrected chi connectivity index (χ2v) is 4.97. The van der Waals surface area contributed by atoms with Crippen LogP contribution in [0.3, 0.4) is 0 Å². The van der Waals surface area contributed by atoms with Crippen LogP contribution in [0.5, 0.6) is 5.75 Å². The summed E-state index contributed by atoms with van der Waals surface area (Å²) < 4.78 is 11.0. The Balaban J connectivity index is 2.15. The van der Waals surface area contributed by atoms with Crippen molar-refractivity contribution in [3.05, 3.63) is 39.9 Å². The van der Waals surface area contributed by atoms with Gasteiger partial charge in [0.15, 0.2) is 0 Å². The Morgan fingerprint density at radius 2 is 2.00 bits per heavy atom. The minimum Gasteiger partial charge on any atom is -0.486 e. The fourth-order valence-corrected chi connectivity index (χ4v) is 2.05. The zero-order chi connectivity index (χ0) is 12.4. The molecule has 92 valence electrons. The first kappa shape index (κ1) is 13.0. The van der Waals surface area contributed by atoms with E-state index >= 15 is 0 Å². The molecule has 0 N–H and O–H groups in total. The van der Waals surface area contributed by atoms with Crippen molar-refractivity contribution in [2.24, 2.45) is 0 Å². The summed E-state index contributed by atoms with van der Waals surface area (Å²) in [5.74, 6) is 0.517. The summed E-state index contributed by atoms with van der Waals surface area (Å²) in [5.41, 5.74) is 0. The summed E-state index contributed by atoms with van der Waals surface area (Å²) in [7, 11) is 0. The zero-order valence-electron chi connectivity index (χ0n) is 8.96. The Labute approximate surface area is 115 Å². The fourth-order valence-electron chi connectivity index (χ4n) is 1.47. The molecule has 2 atom stereocenters. The molecule has 0 aliphatic carbocycles. The van der Waals surface area contributed by atoms with Gasteiger partial charge in [-0.1, -0.05) is 40.9 Å². The third kappa shape index (κ3) is 3.29. The predicted octanol–water partition coefficient (Wildman–Crippen LogP) is 4.37. The average molecular weight is 294 g/mol. The lowest BCUT2D eigenvalue weighted by atomic mass is 10.2. The third-order valence-corrected chi connectivity index (χ3v) is 3.44. The van der Waals surface area contributed by atoms with Gasteiger partial charge in [0, 0.05) is 12.5 Å². The summed E-state index contributed by atoms with van der Waals surface area (Å²) in [4.78, 5) is 0. The Morgan fingerprint density at radius 1 is 1.35 bits per heavy atom. The second-order valence-electron chi connectivity index (χ2n) is 3.75. The van der Waals surface area contributed by atoms with E-state index in [1.54, 1.807) is 18.2 Å². The smallest absolute Gasteiger partial charge is 0.140 e. The molecule has 0 aromatic heterocycles. The van der Waals surface area contributed by atoms with Crippen LogP contribution < -0.4 is 4.74 Å². The van der Waals surface area contributed by atoms with Gasteiger partial charge in [0.1, 0.15) is 18.0 Å². The van der Waals surface area contributed by atoms with Crippen molar-refractivity contribution in [2.45, 2.75) is 18.6 Å². The van der Waals surface area contributed by atoms with Gasteiger partial charge in [0.2, 0.25) is 0 Å². The number of epoxide rings is 1. The van der Waals surface area contributed by atoms with Crippen LogP contribution in [0.25, 0.3) is 0 Å². The molecule has 2 rings (SSSR count). The highest BCUT2D eigenvalue weighted by atomic mass is 35.5. The third-order valence-electron chi connectivity index (χ3n) is 2.43. The minimum atomic E-state index is -0.0813. The van der Waals surface area contributed by atoms with Crippen molar-refractivity contribution in [1.29, 1.82) is 0 Å². The van der Waals surface area contributed by atoms with Crippen LogP contribution in [0.1, 0.15) is 6.42 Å². The van der Waals surface area contributed by atoms with E-state index in [2.05, 4.69) is 6.58 Å². The van der Waals surface area contributed by atoms with Crippen LogP contribution >= 0.6 is 34.8 Å². The van der Waals surface area contributed by atoms with Crippen LogP contribution in [0.4, 0.5) is 0 Å². The van der Waals surface area contributed by atoms with Gasteiger partial charge in [-0.3, -0.25) is 0 Å². The van der Waals surface area contributed by atoms with Gasteiger partial charge in [0.25, 0.3) is 0 Å². The second kappa shape index (κ2) is 5.49. The summed E-state index contributed by atoms with van der Waals surface area (Å²) in [6, 6.07) is 3.18. The van der Waals surface area contributed by atoms with Crippen molar-refractivity contribution in [1.82, 2.24) is 0 Å². The molecule has 1 aliphatic rings. The molecule has 1 fully saturated rings. The van der Waals surface area contributed by atoms with Gasteiger partial charge in [-0.05, 0) is 6.07 Å². The van der Waals surface area contributed by atoms with E-state index in [0.717, 1.165) is 0 Å². The SMILES string of the molecule is C=CCC(Oc1cc(Cl)c(Cl)cc1Cl)C1CO1. The summed E-state index contributed by atoms with van der Waals surface area (Å²) in [6.45, 7) is 4.40. The lowest BCUT2D eigenvalue weighted by Gasteiger charge is -2.17. The molecule has 17 heavy (non-hydrogen) atoms. The maximum absolute atomic E-state index is 6.04. The van der Waals surface area contributed by atoms with E-state index in [0.29, 0.717) is 33.8 Å². The largest absolute Gasteiger partial charge is 0.486 e. The Bertz CT molecular complexity index is 430. The van der Waals surface area contributed by atoms with Crippen molar-refractivity contribution in [3.8, 4) is 5.75 Å². The molecule has 0 amide bonds. The average Bonchev–Trinajstić information content (AvgIpc) is 3.08. The number of halogens is 3. The first-order chi connectivity index (χ1) is 8.11. The van der Waals surface area contributed by atoms with E-state index < -0.39 is 0 Å². The van der Waals surface area contributed by atoms with Gasteiger partial charge in [0.05, 0.1) is 21.7 Å². The van der Waals surface area contributed by atoms with Crippen molar-refractivity contribution in [2.75, 3.05) is 6.61 Å². The molecule has 1 aliphatic heterocycles. The topological polar surface area (TPSA) is 21.8 Å². The Hall–Kier alpha value is -0.410. The van der Waals surface area contributed by atoms with Gasteiger partial charge in [-0.25, -0.2) is 0 Å². The molecular weight excluding hydrogens is 282 g/mol. The van der Waals surface area contributed by atoms with E-state index in [-0.39, 0.29) is 12.2 Å². The maximum Gasteiger partial charge on any atom is 0.140 e. The number of benzene rings is 1. The maximum atomic E-state index is 6.04. The molecule has 0 bridgehead atoms. The van der Waals surface area contributed by atoms with Crippen molar-refractivity contribution >= 4 is 34.8 Å². The molecule has 5 heteroatoms. The van der Waals surface area contributed by atoms with Crippen LogP contribution in [-0.4, -0.2) is 18.8 Å². The molecule has 1 heterocycles. The highest BCUT2D eigenvalue weighted by molar-refractivity contribution is 6.43. The Morgan fingerprint density at radius 3 is 2.59 bits per heavy atom. The molecule has 0 radical (unpaired) electrons. The fraction of sp³-hybridized carbons (Fsp3) is 0.333. The number of ether oxygens (including phenoxy) is 2. The standard InChI is InChI=1S/C12H11Cl3O2/c1-2-3-10(12-6-16-12)17-11-5-8(14)7(13)4-9(11)15/h2,4-5,10,12H,1,3,6H2. The Kier molecular flexibility index (Phi) is 4.21. The highest BCUT2D eigenvalue weighted by Crippen LogP contribution is 2.35. The highest BCUT2D eigenvalue weighted by Gasteiger charge is 2.34. The van der Waals surface area contributed by atoms with Crippen LogP contribution in [0.15, 0.2) is 24.8 Å². The molecule has 1 aromatic rings. The lowest BCUT2D eigenvalue weighted by Crippen LogP contribution is -2.22. The van der Waals surface area contributed by atoms with E-state index in [1.807, 2.05) is 0 Å². The van der Waals surface area contributed by atoms with Crippen LogP contribution in [0, 0.1) is 0 Å². The molecular formula is C12H11Cl3O2. The monoisotopic (exact) mass is 292 g/mol. The quantitative estimate of drug-likeness (QED) is 0.457. The predicted molar refractivity (Wildman–Crippen MR) is 70.4 cm³/mol. The molecule has 1 aromatic carbocycles. The van der Waals surface area contributed by atoms with Crippen LogP contribution in [-0.2, 0) is 4.74 Å². The molecule has 1 saturated heterocycles. The summed E-state index contributed by atoms with van der Waals surface area (Å²) in [6.07, 6.45) is 2.51. The van der Waals surface area contributed by atoms with E-state index in [9.17, 15) is 0 Å². The van der Waals surface area contributed by atoms with Crippen molar-refractivity contribution < 1.29 is 9.47 Å². The van der Waals surface area contributed by atoms with Gasteiger partial charge in [-0.15, -0.1) is 6.58 Å². The summed E-state index contributed by atoms with van der Waals surface area (Å²) in [5, 5.41) is 1.27. The summed E-state index contributed by atoms with van der Waals surface area (Å²) >= 11 is 17.8. The zero-order valence-corrected chi connectivity index (χ0v) is 11.2. The molecule has 0 spiro atoms. The minimum absolute atomic E-state index is 0.0813. The van der Waals surface area contributed by atoms with Crippen LogP contribution in [0.2, 0.25) is 15.1 Å². The van der Waals surface area contributed by atoms with Gasteiger partial charge < -0.3 is 9.47 Å². The number of rotatable bonds is 5. The van der Waals surface area contributed by atoms with Gasteiger partial charge >= 0.3 is 0 Å². The molecule has 2 unspecified atom stereocenters. The van der Waals surface area contributed by atoms with E-state index in [4.69, 9.17) is 44.3 Å². The van der Waals surface area contributed by atoms with Gasteiger partial charge in [-0.2, -0.15) is 0 Å². The number of hydrogen-bond acceptors (Lipinski definition) is 2. The molecule has 2 nitrogen and oxygen atoms in total. The van der Waals surface area contributed by atoms with E-state index in [1.165, 1.54) is 0 Å². The first-order valence-corrected chi connectivity index (χ1v) is 6.29. The first-order valence-electron chi connectivity index (χ1n) is 5.15. The normalized spacial score (nSPS) is 19.8.